The zero-order valence-electron chi connectivity index (χ0n) is 10.6. The molecule has 0 aliphatic carbocycles. The van der Waals surface area contributed by atoms with Crippen LogP contribution in [0.2, 0.25) is 0 Å². The number of hydrogen-bond acceptors (Lipinski definition) is 3. The number of thiophene rings is 1. The Morgan fingerprint density at radius 2 is 1.89 bits per heavy atom. The number of fused-ring (bicyclic) bond motifs is 1. The second-order valence-electron chi connectivity index (χ2n) is 4.54. The fourth-order valence-corrected chi connectivity index (χ4v) is 2.90. The second-order valence-corrected chi connectivity index (χ2v) is 5.45. The van der Waals surface area contributed by atoms with E-state index >= 15 is 0 Å². The highest BCUT2D eigenvalue weighted by molar-refractivity contribution is 7.17. The third kappa shape index (κ3) is 2.56. The van der Waals surface area contributed by atoms with Crippen LogP contribution in [-0.4, -0.2) is 5.11 Å². The van der Waals surface area contributed by atoms with E-state index in [0.717, 1.165) is 16.7 Å². The van der Waals surface area contributed by atoms with E-state index < -0.39 is 0 Å². The highest BCUT2D eigenvalue weighted by Gasteiger charge is 2.05. The van der Waals surface area contributed by atoms with Crippen molar-refractivity contribution in [3.63, 3.8) is 0 Å². The third-order valence-corrected chi connectivity index (χ3v) is 4.06. The molecule has 3 aromatic rings. The first-order valence-electron chi connectivity index (χ1n) is 6.11. The smallest absolute Gasteiger partial charge is 0.119 e. The van der Waals surface area contributed by atoms with Gasteiger partial charge in [-0.2, -0.15) is 0 Å². The molecule has 96 valence electrons. The van der Waals surface area contributed by atoms with Gasteiger partial charge in [0, 0.05) is 15.6 Å². The summed E-state index contributed by atoms with van der Waals surface area (Å²) >= 11 is 1.67. The van der Waals surface area contributed by atoms with Crippen molar-refractivity contribution in [2.24, 2.45) is 0 Å². The normalized spacial score (nSPS) is 10.8. The number of phenols is 1. The topological polar surface area (TPSA) is 29.5 Å². The zero-order valence-corrected chi connectivity index (χ0v) is 11.4. The molecule has 0 spiro atoms. The van der Waals surface area contributed by atoms with Crippen molar-refractivity contribution < 1.29 is 9.84 Å². The minimum absolute atomic E-state index is 0.294. The number of ether oxygens (including phenoxy) is 1. The minimum atomic E-state index is 0.294. The Hall–Kier alpha value is -2.00. The molecule has 0 aliphatic heterocycles. The lowest BCUT2D eigenvalue weighted by atomic mass is 10.2. The fourth-order valence-electron chi connectivity index (χ4n) is 1.98. The van der Waals surface area contributed by atoms with Gasteiger partial charge in [0.25, 0.3) is 0 Å². The summed E-state index contributed by atoms with van der Waals surface area (Å²) in [4.78, 5) is 0. The standard InChI is InChI=1S/C16H14O2S/c1-11-2-5-14(6-3-11)18-9-12-10-19-16-7-4-13(17)8-15(12)16/h2-8,10,17H,9H2,1H3. The molecule has 1 aromatic heterocycles. The number of aromatic hydroxyl groups is 1. The van der Waals surface area contributed by atoms with E-state index in [-0.39, 0.29) is 0 Å². The Morgan fingerprint density at radius 3 is 2.68 bits per heavy atom. The van der Waals surface area contributed by atoms with Crippen LogP contribution in [0.15, 0.2) is 47.8 Å². The molecule has 0 fully saturated rings. The lowest BCUT2D eigenvalue weighted by Crippen LogP contribution is -1.94. The van der Waals surface area contributed by atoms with E-state index in [1.807, 2.05) is 30.3 Å². The van der Waals surface area contributed by atoms with Crippen LogP contribution in [-0.2, 0) is 6.61 Å². The summed E-state index contributed by atoms with van der Waals surface area (Å²) in [7, 11) is 0. The van der Waals surface area contributed by atoms with Gasteiger partial charge in [-0.05, 0) is 42.6 Å². The van der Waals surface area contributed by atoms with Crippen LogP contribution in [0.1, 0.15) is 11.1 Å². The first-order valence-corrected chi connectivity index (χ1v) is 6.99. The molecule has 0 saturated carbocycles. The predicted octanol–water partition coefficient (Wildman–Crippen LogP) is 4.49. The summed E-state index contributed by atoms with van der Waals surface area (Å²) in [5, 5.41) is 12.7. The van der Waals surface area contributed by atoms with Crippen molar-refractivity contribution in [1.29, 1.82) is 0 Å². The summed E-state index contributed by atoms with van der Waals surface area (Å²) in [6.45, 7) is 2.57. The monoisotopic (exact) mass is 270 g/mol. The number of rotatable bonds is 3. The Balaban J connectivity index is 1.81. The van der Waals surface area contributed by atoms with E-state index in [1.54, 1.807) is 23.5 Å². The molecule has 1 N–H and O–H groups in total. The summed E-state index contributed by atoms with van der Waals surface area (Å²) in [5.41, 5.74) is 2.33. The summed E-state index contributed by atoms with van der Waals surface area (Å²) < 4.78 is 6.95. The van der Waals surface area contributed by atoms with Gasteiger partial charge in [-0.25, -0.2) is 0 Å². The average molecular weight is 270 g/mol. The fraction of sp³-hybridized carbons (Fsp3) is 0.125. The van der Waals surface area contributed by atoms with Gasteiger partial charge in [-0.3, -0.25) is 0 Å². The highest BCUT2D eigenvalue weighted by Crippen LogP contribution is 2.29. The van der Waals surface area contributed by atoms with Gasteiger partial charge in [-0.1, -0.05) is 17.7 Å². The molecule has 3 heteroatoms. The van der Waals surface area contributed by atoms with Gasteiger partial charge in [-0.15, -0.1) is 11.3 Å². The number of benzene rings is 2. The quantitative estimate of drug-likeness (QED) is 0.759. The number of phenolic OH excluding ortho intramolecular Hbond substituents is 1. The van der Waals surface area contributed by atoms with E-state index in [1.165, 1.54) is 10.3 Å². The molecule has 19 heavy (non-hydrogen) atoms. The summed E-state index contributed by atoms with van der Waals surface area (Å²) in [6.07, 6.45) is 0. The van der Waals surface area contributed by atoms with Gasteiger partial charge < -0.3 is 9.84 Å². The zero-order chi connectivity index (χ0) is 13.2. The van der Waals surface area contributed by atoms with E-state index in [0.29, 0.717) is 12.4 Å². The van der Waals surface area contributed by atoms with Crippen LogP contribution in [0, 0.1) is 6.92 Å². The van der Waals surface area contributed by atoms with Gasteiger partial charge in [0.15, 0.2) is 0 Å². The first kappa shape index (κ1) is 12.1. The van der Waals surface area contributed by atoms with Crippen LogP contribution in [0.4, 0.5) is 0 Å². The molecular formula is C16H14O2S. The van der Waals surface area contributed by atoms with Crippen molar-refractivity contribution in [3.8, 4) is 11.5 Å². The Labute approximate surface area is 115 Å². The lowest BCUT2D eigenvalue weighted by Gasteiger charge is -2.06. The average Bonchev–Trinajstić information content (AvgIpc) is 2.80. The van der Waals surface area contributed by atoms with E-state index in [2.05, 4.69) is 12.3 Å². The third-order valence-electron chi connectivity index (χ3n) is 3.05. The van der Waals surface area contributed by atoms with Crippen molar-refractivity contribution in [2.45, 2.75) is 13.5 Å². The van der Waals surface area contributed by atoms with Crippen LogP contribution in [0.5, 0.6) is 11.5 Å². The Kier molecular flexibility index (Phi) is 3.13. The van der Waals surface area contributed by atoms with Gasteiger partial charge in [0.05, 0.1) is 0 Å². The molecule has 0 atom stereocenters. The minimum Gasteiger partial charge on any atom is -0.508 e. The number of aryl methyl sites for hydroxylation is 1. The van der Waals surface area contributed by atoms with Crippen LogP contribution >= 0.6 is 11.3 Å². The maximum Gasteiger partial charge on any atom is 0.119 e. The maximum absolute atomic E-state index is 9.55. The lowest BCUT2D eigenvalue weighted by molar-refractivity contribution is 0.308. The molecular weight excluding hydrogens is 256 g/mol. The van der Waals surface area contributed by atoms with Crippen molar-refractivity contribution in [1.82, 2.24) is 0 Å². The molecule has 0 unspecified atom stereocenters. The van der Waals surface area contributed by atoms with Crippen molar-refractivity contribution in [3.05, 3.63) is 59.0 Å². The molecule has 0 radical (unpaired) electrons. The van der Waals surface area contributed by atoms with Crippen molar-refractivity contribution >= 4 is 21.4 Å². The molecule has 1 heterocycles. The molecule has 2 nitrogen and oxygen atoms in total. The summed E-state index contributed by atoms with van der Waals surface area (Å²) in [5.74, 6) is 1.16. The van der Waals surface area contributed by atoms with E-state index in [4.69, 9.17) is 4.74 Å². The Morgan fingerprint density at radius 1 is 1.11 bits per heavy atom. The summed E-state index contributed by atoms with van der Waals surface area (Å²) in [6, 6.07) is 13.5. The first-order chi connectivity index (χ1) is 9.22. The van der Waals surface area contributed by atoms with Crippen LogP contribution < -0.4 is 4.74 Å². The molecule has 0 amide bonds. The second kappa shape index (κ2) is 4.94. The maximum atomic E-state index is 9.55. The van der Waals surface area contributed by atoms with Gasteiger partial charge in [0.1, 0.15) is 18.1 Å². The van der Waals surface area contributed by atoms with Crippen LogP contribution in [0.3, 0.4) is 0 Å². The molecule has 0 saturated heterocycles. The largest absolute Gasteiger partial charge is 0.508 e. The molecule has 2 aromatic carbocycles. The Bertz CT molecular complexity index is 698. The van der Waals surface area contributed by atoms with Gasteiger partial charge >= 0.3 is 0 Å². The van der Waals surface area contributed by atoms with Gasteiger partial charge in [0.2, 0.25) is 0 Å². The molecule has 3 rings (SSSR count). The molecule has 0 aliphatic rings. The number of hydrogen-bond donors (Lipinski definition) is 1. The van der Waals surface area contributed by atoms with Crippen LogP contribution in [0.25, 0.3) is 10.1 Å². The van der Waals surface area contributed by atoms with Crippen molar-refractivity contribution in [2.75, 3.05) is 0 Å². The molecule has 0 bridgehead atoms. The predicted molar refractivity (Wildman–Crippen MR) is 79.0 cm³/mol. The SMILES string of the molecule is Cc1ccc(OCc2csc3ccc(O)cc23)cc1. The highest BCUT2D eigenvalue weighted by atomic mass is 32.1. The van der Waals surface area contributed by atoms with E-state index in [9.17, 15) is 5.11 Å².